The molecule has 0 unspecified atom stereocenters. The van der Waals surface area contributed by atoms with Crippen LogP contribution >= 0.6 is 0 Å². The summed E-state index contributed by atoms with van der Waals surface area (Å²) in [7, 11) is 0. The number of imidazole rings is 1. The number of benzene rings is 5. The predicted molar refractivity (Wildman–Crippen MR) is 203 cm³/mol. The minimum atomic E-state index is -2.14. The van der Waals surface area contributed by atoms with Gasteiger partial charge in [0, 0.05) is 31.2 Å². The Bertz CT molecular complexity index is 2530. The Morgan fingerprint density at radius 2 is 1.61 bits per heavy atom. The van der Waals surface area contributed by atoms with E-state index < -0.39 is 26.0 Å². The van der Waals surface area contributed by atoms with Crippen molar-refractivity contribution in [2.75, 3.05) is 0 Å². The van der Waals surface area contributed by atoms with E-state index in [0.717, 1.165) is 66.9 Å². The summed E-state index contributed by atoms with van der Waals surface area (Å²) in [6.07, 6.45) is 1.91. The first-order chi connectivity index (χ1) is 24.7. The van der Waals surface area contributed by atoms with Gasteiger partial charge in [-0.1, -0.05) is 59.5 Å². The van der Waals surface area contributed by atoms with Gasteiger partial charge >= 0.3 is 131 Å². The SMILES string of the molecule is [2H]C([2H])([2H])c1c[c-]c(-c2cc(C([2H])(C)C)[c]([Ge]([CH3])([CH3])[CH3])cn2)cc1.[Ir].[c-]1ccc2c(oc3ccccc32)c1-c1nc2ccccc2n1-c1ccccc1. The van der Waals surface area contributed by atoms with Crippen molar-refractivity contribution >= 4 is 50.6 Å². The first-order valence-electron chi connectivity index (χ1n) is 18.1. The molecule has 247 valence electrons. The Hall–Kier alpha value is -4.29. The molecule has 8 rings (SSSR count). The van der Waals surface area contributed by atoms with Crippen molar-refractivity contribution < 1.29 is 30.0 Å². The molecule has 3 heterocycles. The van der Waals surface area contributed by atoms with E-state index in [0.29, 0.717) is 0 Å². The van der Waals surface area contributed by atoms with Gasteiger partial charge in [0.1, 0.15) is 5.58 Å². The van der Waals surface area contributed by atoms with Crippen LogP contribution in [0.15, 0.2) is 126 Å². The number of hydrogen-bond acceptors (Lipinski definition) is 3. The van der Waals surface area contributed by atoms with Gasteiger partial charge in [-0.3, -0.25) is 4.98 Å². The van der Waals surface area contributed by atoms with Crippen LogP contribution in [-0.2, 0) is 20.1 Å². The maximum atomic E-state index is 8.49. The van der Waals surface area contributed by atoms with E-state index in [1.54, 1.807) is 12.1 Å². The predicted octanol–water partition coefficient (Wildman–Crippen LogP) is 10.9. The molecular formula is C43H39GeIrN3O-2. The smallest absolute Gasteiger partial charge is 0.120 e. The van der Waals surface area contributed by atoms with Crippen LogP contribution in [0.4, 0.5) is 0 Å². The molecule has 0 bridgehead atoms. The number of rotatable bonds is 5. The normalized spacial score (nSPS) is 13.2. The fourth-order valence-corrected chi connectivity index (χ4v) is 9.41. The van der Waals surface area contributed by atoms with E-state index in [1.807, 2.05) is 86.8 Å². The van der Waals surface area contributed by atoms with Gasteiger partial charge in [-0.05, 0) is 30.3 Å². The van der Waals surface area contributed by atoms with E-state index >= 15 is 0 Å². The summed E-state index contributed by atoms with van der Waals surface area (Å²) in [5.41, 5.74) is 8.40. The van der Waals surface area contributed by atoms with E-state index in [1.165, 1.54) is 10.5 Å². The number of furan rings is 1. The molecule has 8 aromatic rings. The van der Waals surface area contributed by atoms with Crippen molar-refractivity contribution in [3.05, 3.63) is 145 Å². The molecular weight excluding hydrogens is 839 g/mol. The first-order valence-corrected chi connectivity index (χ1v) is 23.4. The van der Waals surface area contributed by atoms with Crippen molar-refractivity contribution in [1.82, 2.24) is 14.5 Å². The number of para-hydroxylation sites is 4. The van der Waals surface area contributed by atoms with Crippen molar-refractivity contribution in [3.63, 3.8) is 0 Å². The molecule has 6 heteroatoms. The van der Waals surface area contributed by atoms with Gasteiger partial charge < -0.3 is 8.98 Å². The molecule has 1 radical (unpaired) electrons. The average Bonchev–Trinajstić information content (AvgIpc) is 3.70. The second-order valence-corrected chi connectivity index (χ2v) is 23.7. The molecule has 4 nitrogen and oxygen atoms in total. The fourth-order valence-electron chi connectivity index (χ4n) is 6.09. The number of hydrogen-bond donors (Lipinski definition) is 0. The van der Waals surface area contributed by atoms with E-state index in [2.05, 4.69) is 69.3 Å². The summed E-state index contributed by atoms with van der Waals surface area (Å²) in [4.78, 5) is 9.52. The van der Waals surface area contributed by atoms with Crippen LogP contribution in [0.2, 0.25) is 17.3 Å². The summed E-state index contributed by atoms with van der Waals surface area (Å²) in [5, 5.41) is 2.19. The Morgan fingerprint density at radius 1 is 0.857 bits per heavy atom. The monoisotopic (exact) mass is 884 g/mol. The molecule has 0 amide bonds. The third-order valence-electron chi connectivity index (χ3n) is 8.48. The molecule has 3 aromatic heterocycles. The van der Waals surface area contributed by atoms with Gasteiger partial charge in [-0.2, -0.15) is 0 Å². The molecule has 0 aliphatic carbocycles. The largest absolute Gasteiger partial charge is 0.501 e. The van der Waals surface area contributed by atoms with Crippen molar-refractivity contribution in [2.24, 2.45) is 0 Å². The zero-order valence-corrected chi connectivity index (χ0v) is 32.6. The van der Waals surface area contributed by atoms with Gasteiger partial charge in [-0.25, -0.2) is 0 Å². The maximum absolute atomic E-state index is 8.49. The minimum Gasteiger partial charge on any atom is -0.501 e. The number of pyridine rings is 1. The second-order valence-electron chi connectivity index (χ2n) is 13.1. The summed E-state index contributed by atoms with van der Waals surface area (Å²) in [5.74, 6) is 7.01. The maximum Gasteiger partial charge on any atom is 0.120 e. The number of aromatic nitrogens is 3. The van der Waals surface area contributed by atoms with Crippen LogP contribution in [0.25, 0.3) is 61.3 Å². The van der Waals surface area contributed by atoms with Crippen LogP contribution in [0.1, 0.15) is 36.4 Å². The minimum absolute atomic E-state index is 0. The molecule has 5 aromatic carbocycles. The Balaban J connectivity index is 0.000000181. The van der Waals surface area contributed by atoms with Gasteiger partial charge in [0.25, 0.3) is 0 Å². The quantitative estimate of drug-likeness (QED) is 0.128. The standard InChI is InChI=1S/C25H15N2O.C18H24GeN.Ir/c1-2-9-17(10-3-1)27-22-15-6-5-14-21(22)26-25(27)20-13-8-12-19-18-11-4-7-16-23(18)28-24(19)20;1-13(2)16-11-18(15-9-7-14(3)8-10-15)20-12-17(16)19(4,5)6;/h1-12,14-16H;7-9,11-13H,1-6H3;/q2*-1;/i;3D3,13D;. The summed E-state index contributed by atoms with van der Waals surface area (Å²) >= 11 is -2.14. The van der Waals surface area contributed by atoms with Crippen molar-refractivity contribution in [3.8, 4) is 28.3 Å². The summed E-state index contributed by atoms with van der Waals surface area (Å²) in [6, 6.07) is 43.8. The fraction of sp³-hybridized carbons (Fsp3) is 0.163. The van der Waals surface area contributed by atoms with Crippen molar-refractivity contribution in [1.29, 1.82) is 0 Å². The summed E-state index contributed by atoms with van der Waals surface area (Å²) in [6.45, 7) is 1.66. The zero-order chi connectivity index (χ0) is 36.8. The topological polar surface area (TPSA) is 43.9 Å². The molecule has 0 aliphatic rings. The van der Waals surface area contributed by atoms with E-state index in [4.69, 9.17) is 14.9 Å². The second kappa shape index (κ2) is 14.3. The van der Waals surface area contributed by atoms with Crippen LogP contribution < -0.4 is 4.40 Å². The number of fused-ring (bicyclic) bond motifs is 4. The van der Waals surface area contributed by atoms with Crippen LogP contribution in [-0.4, -0.2) is 27.8 Å². The van der Waals surface area contributed by atoms with Gasteiger partial charge in [0.15, 0.2) is 0 Å². The Labute approximate surface area is 310 Å². The van der Waals surface area contributed by atoms with E-state index in [-0.39, 0.29) is 25.7 Å². The zero-order valence-electron chi connectivity index (χ0n) is 32.1. The molecule has 0 saturated heterocycles. The first kappa shape index (κ1) is 29.6. The van der Waals surface area contributed by atoms with E-state index in [9.17, 15) is 0 Å². The average molecular weight is 883 g/mol. The Kier molecular flexibility index (Phi) is 8.63. The van der Waals surface area contributed by atoms with Crippen LogP contribution in [0, 0.1) is 19.0 Å². The van der Waals surface area contributed by atoms with Gasteiger partial charge in [0.05, 0.1) is 22.4 Å². The van der Waals surface area contributed by atoms with Crippen molar-refractivity contribution in [2.45, 2.75) is 43.9 Å². The summed E-state index contributed by atoms with van der Waals surface area (Å²) < 4.78 is 40.5. The molecule has 0 spiro atoms. The van der Waals surface area contributed by atoms with Crippen LogP contribution in [0.3, 0.4) is 0 Å². The molecule has 0 fully saturated rings. The molecule has 0 atom stereocenters. The third-order valence-corrected chi connectivity index (χ3v) is 12.7. The third kappa shape index (κ3) is 6.94. The van der Waals surface area contributed by atoms with Gasteiger partial charge in [-0.15, -0.1) is 18.2 Å². The molecule has 49 heavy (non-hydrogen) atoms. The molecule has 0 saturated carbocycles. The Morgan fingerprint density at radius 3 is 2.35 bits per heavy atom. The van der Waals surface area contributed by atoms with Crippen LogP contribution in [0.5, 0.6) is 0 Å². The molecule has 0 N–H and O–H groups in total. The molecule has 0 aliphatic heterocycles. The van der Waals surface area contributed by atoms with Gasteiger partial charge in [0.2, 0.25) is 0 Å². The number of aryl methyl sites for hydroxylation is 1. The number of nitrogens with zero attached hydrogens (tertiary/aromatic N) is 3.